The van der Waals surface area contributed by atoms with E-state index in [4.69, 9.17) is 20.7 Å². The first-order chi connectivity index (χ1) is 4.74. The number of rotatable bonds is 1. The molecule has 3 atom stereocenters. The maximum atomic E-state index is 9.15. The largest absolute Gasteiger partial charge is 0.394 e. The summed E-state index contributed by atoms with van der Waals surface area (Å²) < 4.78 is 4.90. The fourth-order valence-corrected chi connectivity index (χ4v) is 0.943. The molecule has 10 heavy (non-hydrogen) atoms. The molecule has 1 aliphatic rings. The second-order valence-corrected chi connectivity index (χ2v) is 2.46. The maximum absolute atomic E-state index is 9.15. The Kier molecular flexibility index (Phi) is 2.62. The topological polar surface area (TPSA) is 75.7 Å². The van der Waals surface area contributed by atoms with Crippen molar-refractivity contribution in [3.63, 3.8) is 0 Å². The van der Waals surface area contributed by atoms with Gasteiger partial charge in [0.25, 0.3) is 0 Å². The van der Waals surface area contributed by atoms with Crippen LogP contribution < -0.4 is 5.73 Å². The zero-order valence-electron chi connectivity index (χ0n) is 5.60. The van der Waals surface area contributed by atoms with Gasteiger partial charge in [-0.25, -0.2) is 0 Å². The molecule has 4 N–H and O–H groups in total. The molecule has 0 spiro atoms. The Morgan fingerprint density at radius 1 is 1.70 bits per heavy atom. The molecule has 1 aliphatic heterocycles. The molecule has 1 radical (unpaired) electrons. The van der Waals surface area contributed by atoms with E-state index in [9.17, 15) is 0 Å². The van der Waals surface area contributed by atoms with Crippen LogP contribution in [-0.4, -0.2) is 35.1 Å². The van der Waals surface area contributed by atoms with Crippen molar-refractivity contribution >= 4 is 0 Å². The molecule has 1 heterocycles. The fourth-order valence-electron chi connectivity index (χ4n) is 0.943. The van der Waals surface area contributed by atoms with Gasteiger partial charge >= 0.3 is 0 Å². The average molecular weight is 146 g/mol. The second kappa shape index (κ2) is 3.30. The van der Waals surface area contributed by atoms with Crippen LogP contribution in [0, 0.1) is 6.61 Å². The van der Waals surface area contributed by atoms with Crippen LogP contribution in [0.1, 0.15) is 6.42 Å². The van der Waals surface area contributed by atoms with E-state index < -0.39 is 12.2 Å². The summed E-state index contributed by atoms with van der Waals surface area (Å²) in [5, 5.41) is 17.8. The van der Waals surface area contributed by atoms with Gasteiger partial charge in [0.1, 0.15) is 12.7 Å². The first-order valence-corrected chi connectivity index (χ1v) is 3.27. The lowest BCUT2D eigenvalue weighted by atomic mass is 10.0. The number of aliphatic hydroxyl groups excluding tert-OH is 2. The monoisotopic (exact) mass is 146 g/mol. The number of aliphatic hydroxyl groups is 2. The summed E-state index contributed by atoms with van der Waals surface area (Å²) in [7, 11) is 0. The minimum atomic E-state index is -0.634. The summed E-state index contributed by atoms with van der Waals surface area (Å²) in [4.78, 5) is 0. The van der Waals surface area contributed by atoms with Gasteiger partial charge in [0.15, 0.2) is 0 Å². The van der Waals surface area contributed by atoms with Crippen LogP contribution in [0.2, 0.25) is 0 Å². The van der Waals surface area contributed by atoms with Gasteiger partial charge in [-0.1, -0.05) is 0 Å². The van der Waals surface area contributed by atoms with Gasteiger partial charge in [-0.15, -0.1) is 0 Å². The fraction of sp³-hybridized carbons (Fsp3) is 0.833. The molecule has 0 amide bonds. The summed E-state index contributed by atoms with van der Waals surface area (Å²) >= 11 is 0. The highest BCUT2D eigenvalue weighted by molar-refractivity contribution is 4.85. The van der Waals surface area contributed by atoms with E-state index in [1.165, 1.54) is 6.61 Å². The predicted molar refractivity (Wildman–Crippen MR) is 34.9 cm³/mol. The van der Waals surface area contributed by atoms with E-state index in [1.807, 2.05) is 0 Å². The molecule has 4 nitrogen and oxygen atoms in total. The molecule has 0 bridgehead atoms. The van der Waals surface area contributed by atoms with E-state index in [-0.39, 0.29) is 12.6 Å². The first kappa shape index (κ1) is 7.94. The van der Waals surface area contributed by atoms with Gasteiger partial charge < -0.3 is 20.7 Å². The molecule has 4 heteroatoms. The Labute approximate surface area is 59.6 Å². The van der Waals surface area contributed by atoms with E-state index in [1.54, 1.807) is 0 Å². The lowest BCUT2D eigenvalue weighted by Crippen LogP contribution is -2.43. The van der Waals surface area contributed by atoms with Crippen LogP contribution in [0.3, 0.4) is 0 Å². The average Bonchev–Trinajstić information content (AvgIpc) is 1.88. The summed E-state index contributed by atoms with van der Waals surface area (Å²) in [6.45, 7) is 1.29. The zero-order chi connectivity index (χ0) is 7.56. The minimum absolute atomic E-state index is 0.162. The number of nitrogens with two attached hydrogens (primary N) is 1. The SMILES string of the molecule is N[C@@H]1[CH]O[C@H](CO)[C@@H](O)C1. The molecule has 59 valence electrons. The van der Waals surface area contributed by atoms with Gasteiger partial charge in [-0.2, -0.15) is 0 Å². The molecule has 1 rings (SSSR count). The Balaban J connectivity index is 2.36. The molecule has 1 fully saturated rings. The van der Waals surface area contributed by atoms with Gasteiger partial charge in [0.2, 0.25) is 0 Å². The van der Waals surface area contributed by atoms with E-state index in [2.05, 4.69) is 0 Å². The smallest absolute Gasteiger partial charge is 0.107 e. The summed E-state index contributed by atoms with van der Waals surface area (Å²) in [5.41, 5.74) is 5.42. The van der Waals surface area contributed by atoms with Crippen molar-refractivity contribution in [1.82, 2.24) is 0 Å². The van der Waals surface area contributed by atoms with E-state index in [0.29, 0.717) is 6.42 Å². The van der Waals surface area contributed by atoms with Crippen molar-refractivity contribution in [1.29, 1.82) is 0 Å². The van der Waals surface area contributed by atoms with Crippen molar-refractivity contribution in [3.8, 4) is 0 Å². The van der Waals surface area contributed by atoms with Crippen molar-refractivity contribution in [2.45, 2.75) is 24.7 Å². The van der Waals surface area contributed by atoms with Crippen molar-refractivity contribution < 1.29 is 14.9 Å². The molecule has 0 aromatic heterocycles. The van der Waals surface area contributed by atoms with Crippen LogP contribution in [0.15, 0.2) is 0 Å². The summed E-state index contributed by atoms with van der Waals surface area (Å²) in [6.07, 6.45) is -0.657. The van der Waals surface area contributed by atoms with Gasteiger partial charge in [0.05, 0.1) is 12.7 Å². The molecule has 0 aliphatic carbocycles. The number of hydrogen-bond acceptors (Lipinski definition) is 4. The minimum Gasteiger partial charge on any atom is -0.394 e. The Hall–Kier alpha value is -0.160. The Morgan fingerprint density at radius 2 is 2.40 bits per heavy atom. The highest BCUT2D eigenvalue weighted by atomic mass is 16.5. The zero-order valence-corrected chi connectivity index (χ0v) is 5.60. The van der Waals surface area contributed by atoms with Crippen molar-refractivity contribution in [2.75, 3.05) is 6.61 Å². The highest BCUT2D eigenvalue weighted by Gasteiger charge is 2.27. The first-order valence-electron chi connectivity index (χ1n) is 3.27. The van der Waals surface area contributed by atoms with Crippen molar-refractivity contribution in [3.05, 3.63) is 6.61 Å². The Bertz CT molecular complexity index is 109. The van der Waals surface area contributed by atoms with Crippen LogP contribution in [0.4, 0.5) is 0 Å². The van der Waals surface area contributed by atoms with Gasteiger partial charge in [-0.05, 0) is 6.42 Å². The molecular formula is C6H12NO3. The standard InChI is InChI=1S/C6H12NO3/c7-4-1-5(9)6(2-8)10-3-4/h3-6,8-9H,1-2,7H2/t4-,5-,6+/m0/s1. The van der Waals surface area contributed by atoms with Crippen LogP contribution in [0.5, 0.6) is 0 Å². The highest BCUT2D eigenvalue weighted by Crippen LogP contribution is 2.14. The molecular weight excluding hydrogens is 134 g/mol. The number of ether oxygens (including phenoxy) is 1. The maximum Gasteiger partial charge on any atom is 0.107 e. The van der Waals surface area contributed by atoms with Crippen molar-refractivity contribution in [2.24, 2.45) is 5.73 Å². The summed E-state index contributed by atoms with van der Waals surface area (Å²) in [6, 6.07) is -0.210. The van der Waals surface area contributed by atoms with Crippen LogP contribution in [0.25, 0.3) is 0 Å². The second-order valence-electron chi connectivity index (χ2n) is 2.46. The lowest BCUT2D eigenvalue weighted by molar-refractivity contribution is -0.0730. The molecule has 0 unspecified atom stereocenters. The third kappa shape index (κ3) is 1.67. The number of hydrogen-bond donors (Lipinski definition) is 3. The molecule has 1 saturated heterocycles. The van der Waals surface area contributed by atoms with E-state index in [0.717, 1.165) is 0 Å². The lowest BCUT2D eigenvalue weighted by Gasteiger charge is -2.29. The van der Waals surface area contributed by atoms with Crippen LogP contribution in [-0.2, 0) is 4.74 Å². The van der Waals surface area contributed by atoms with E-state index >= 15 is 0 Å². The molecule has 0 saturated carbocycles. The van der Waals surface area contributed by atoms with Gasteiger partial charge in [0, 0.05) is 6.04 Å². The van der Waals surface area contributed by atoms with Crippen LogP contribution >= 0.6 is 0 Å². The quantitative estimate of drug-likeness (QED) is 0.426. The normalized spacial score (nSPS) is 41.7. The van der Waals surface area contributed by atoms with Gasteiger partial charge in [-0.3, -0.25) is 0 Å². The molecule has 0 aromatic carbocycles. The predicted octanol–water partition coefficient (Wildman–Crippen LogP) is -1.38. The Morgan fingerprint density at radius 3 is 2.90 bits per heavy atom. The molecule has 0 aromatic rings. The third-order valence-electron chi connectivity index (χ3n) is 1.55. The third-order valence-corrected chi connectivity index (χ3v) is 1.55. The summed E-state index contributed by atoms with van der Waals surface area (Å²) in [5.74, 6) is 0.